The van der Waals surface area contributed by atoms with E-state index in [0.717, 1.165) is 28.2 Å². The van der Waals surface area contributed by atoms with Crippen LogP contribution in [0, 0.1) is 0 Å². The maximum absolute atomic E-state index is 6.77. The summed E-state index contributed by atoms with van der Waals surface area (Å²) in [7, 11) is 0. The zero-order valence-electron chi connectivity index (χ0n) is 28.0. The van der Waals surface area contributed by atoms with Crippen LogP contribution in [0.5, 0.6) is 0 Å². The van der Waals surface area contributed by atoms with Crippen molar-refractivity contribution in [2.75, 3.05) is 4.90 Å². The van der Waals surface area contributed by atoms with E-state index in [2.05, 4.69) is 199 Å². The van der Waals surface area contributed by atoms with Crippen LogP contribution in [0.3, 0.4) is 0 Å². The van der Waals surface area contributed by atoms with Crippen LogP contribution in [0.2, 0.25) is 5.02 Å². The molecule has 1 aliphatic carbocycles. The first kappa shape index (κ1) is 30.9. The number of halogens is 1. The van der Waals surface area contributed by atoms with Gasteiger partial charge in [-0.15, -0.1) is 0 Å². The third kappa shape index (κ3) is 5.17. The van der Waals surface area contributed by atoms with Gasteiger partial charge in [-0.3, -0.25) is 0 Å². The molecule has 51 heavy (non-hydrogen) atoms. The molecule has 1 aliphatic rings. The first-order valence-electron chi connectivity index (χ1n) is 17.4. The van der Waals surface area contributed by atoms with Crippen LogP contribution in [0.25, 0.3) is 33.4 Å². The third-order valence-electron chi connectivity index (χ3n) is 10.2. The lowest BCUT2D eigenvalue weighted by Gasteiger charge is -2.34. The SMILES string of the molecule is Clc1cccc(N(c2ccccc2-c2ccc(-c3ccccc3)cc2)c2cccc3c2-c2ccccc2C3(c2ccccc2)c2ccccc2)c1. The van der Waals surface area contributed by atoms with Crippen molar-refractivity contribution in [2.24, 2.45) is 0 Å². The molecule has 0 fully saturated rings. The normalized spacial score (nSPS) is 12.6. The maximum atomic E-state index is 6.77. The van der Waals surface area contributed by atoms with Crippen LogP contribution >= 0.6 is 11.6 Å². The van der Waals surface area contributed by atoms with Gasteiger partial charge in [-0.2, -0.15) is 0 Å². The van der Waals surface area contributed by atoms with Crippen LogP contribution in [0.15, 0.2) is 206 Å². The summed E-state index contributed by atoms with van der Waals surface area (Å²) in [6.07, 6.45) is 0. The molecule has 0 amide bonds. The van der Waals surface area contributed by atoms with E-state index >= 15 is 0 Å². The van der Waals surface area contributed by atoms with E-state index < -0.39 is 5.41 Å². The second kappa shape index (κ2) is 12.9. The molecule has 0 aromatic heterocycles. The predicted molar refractivity (Wildman–Crippen MR) is 214 cm³/mol. The molecule has 1 nitrogen and oxygen atoms in total. The minimum absolute atomic E-state index is 0.503. The maximum Gasteiger partial charge on any atom is 0.0714 e. The third-order valence-corrected chi connectivity index (χ3v) is 10.5. The first-order chi connectivity index (χ1) is 25.2. The Morgan fingerprint density at radius 2 is 0.882 bits per heavy atom. The van der Waals surface area contributed by atoms with Crippen LogP contribution < -0.4 is 4.90 Å². The summed E-state index contributed by atoms with van der Waals surface area (Å²) in [5, 5.41) is 0.693. The van der Waals surface area contributed by atoms with Crippen molar-refractivity contribution in [3.8, 4) is 33.4 Å². The molecule has 0 bridgehead atoms. The summed E-state index contributed by atoms with van der Waals surface area (Å²) in [5.74, 6) is 0. The summed E-state index contributed by atoms with van der Waals surface area (Å²) in [6.45, 7) is 0. The smallest absolute Gasteiger partial charge is 0.0714 e. The lowest BCUT2D eigenvalue weighted by Crippen LogP contribution is -2.28. The van der Waals surface area contributed by atoms with Gasteiger partial charge in [0.2, 0.25) is 0 Å². The Kier molecular flexibility index (Phi) is 7.84. The number of para-hydroxylation sites is 1. The zero-order chi connectivity index (χ0) is 34.2. The van der Waals surface area contributed by atoms with E-state index in [4.69, 9.17) is 11.6 Å². The fourth-order valence-corrected chi connectivity index (χ4v) is 8.25. The topological polar surface area (TPSA) is 3.24 Å². The van der Waals surface area contributed by atoms with Crippen molar-refractivity contribution in [3.05, 3.63) is 234 Å². The highest BCUT2D eigenvalue weighted by Gasteiger charge is 2.47. The van der Waals surface area contributed by atoms with Crippen molar-refractivity contribution in [3.63, 3.8) is 0 Å². The summed E-state index contributed by atoms with van der Waals surface area (Å²) in [6, 6.07) is 74.0. The molecule has 8 aromatic rings. The van der Waals surface area contributed by atoms with Gasteiger partial charge in [0.05, 0.1) is 16.8 Å². The van der Waals surface area contributed by atoms with E-state index in [-0.39, 0.29) is 0 Å². The Labute approximate surface area is 304 Å². The zero-order valence-corrected chi connectivity index (χ0v) is 28.7. The van der Waals surface area contributed by atoms with Crippen LogP contribution in [-0.2, 0) is 5.41 Å². The average molecular weight is 672 g/mol. The molecule has 0 aliphatic heterocycles. The van der Waals surface area contributed by atoms with Crippen LogP contribution in [-0.4, -0.2) is 0 Å². The fraction of sp³-hybridized carbons (Fsp3) is 0.0204. The highest BCUT2D eigenvalue weighted by atomic mass is 35.5. The Bertz CT molecular complexity index is 2430. The second-order valence-corrected chi connectivity index (χ2v) is 13.4. The van der Waals surface area contributed by atoms with Crippen molar-refractivity contribution < 1.29 is 0 Å². The number of benzene rings is 8. The van der Waals surface area contributed by atoms with Gasteiger partial charge in [-0.1, -0.05) is 188 Å². The summed E-state index contributed by atoms with van der Waals surface area (Å²) >= 11 is 6.77. The molecule has 0 heterocycles. The average Bonchev–Trinajstić information content (AvgIpc) is 3.51. The van der Waals surface area contributed by atoms with Gasteiger partial charge in [0, 0.05) is 21.8 Å². The van der Waals surface area contributed by atoms with Gasteiger partial charge in [0.25, 0.3) is 0 Å². The number of rotatable bonds is 7. The summed E-state index contributed by atoms with van der Waals surface area (Å²) in [5.41, 5.74) is 14.8. The quantitative estimate of drug-likeness (QED) is 0.163. The van der Waals surface area contributed by atoms with E-state index in [0.29, 0.717) is 5.02 Å². The van der Waals surface area contributed by atoms with Gasteiger partial charge in [0.15, 0.2) is 0 Å². The van der Waals surface area contributed by atoms with Gasteiger partial charge in [0.1, 0.15) is 0 Å². The Morgan fingerprint density at radius 3 is 1.57 bits per heavy atom. The fourth-order valence-electron chi connectivity index (χ4n) is 8.07. The highest BCUT2D eigenvalue weighted by Crippen LogP contribution is 2.59. The Morgan fingerprint density at radius 1 is 0.373 bits per heavy atom. The molecular weight excluding hydrogens is 638 g/mol. The Balaban J connectivity index is 1.31. The van der Waals surface area contributed by atoms with Crippen molar-refractivity contribution >= 4 is 28.7 Å². The molecule has 0 N–H and O–H groups in total. The van der Waals surface area contributed by atoms with Crippen molar-refractivity contribution in [1.82, 2.24) is 0 Å². The molecule has 0 saturated carbocycles. The van der Waals surface area contributed by atoms with Crippen molar-refractivity contribution in [2.45, 2.75) is 5.41 Å². The lowest BCUT2D eigenvalue weighted by atomic mass is 9.68. The van der Waals surface area contributed by atoms with Crippen LogP contribution in [0.1, 0.15) is 22.3 Å². The van der Waals surface area contributed by atoms with E-state index in [1.807, 2.05) is 12.1 Å². The van der Waals surface area contributed by atoms with Crippen molar-refractivity contribution in [1.29, 1.82) is 0 Å². The number of fused-ring (bicyclic) bond motifs is 3. The largest absolute Gasteiger partial charge is 0.309 e. The summed E-state index contributed by atoms with van der Waals surface area (Å²) in [4.78, 5) is 2.40. The Hall–Kier alpha value is -6.15. The molecule has 9 rings (SSSR count). The molecule has 0 spiro atoms. The van der Waals surface area contributed by atoms with Gasteiger partial charge in [-0.25, -0.2) is 0 Å². The molecular formula is C49H34ClN. The first-order valence-corrected chi connectivity index (χ1v) is 17.8. The number of hydrogen-bond acceptors (Lipinski definition) is 1. The minimum Gasteiger partial charge on any atom is -0.309 e. The van der Waals surface area contributed by atoms with E-state index in [1.165, 1.54) is 44.5 Å². The number of nitrogens with zero attached hydrogens (tertiary/aromatic N) is 1. The minimum atomic E-state index is -0.503. The predicted octanol–water partition coefficient (Wildman–Crippen LogP) is 13.5. The van der Waals surface area contributed by atoms with Gasteiger partial charge in [-0.05, 0) is 74.8 Å². The number of hydrogen-bond donors (Lipinski definition) is 0. The number of anilines is 3. The second-order valence-electron chi connectivity index (χ2n) is 13.0. The standard InChI is InChI=1S/C49H34ClN/c50-40-22-14-23-41(34-40)51(46-28-13-11-24-42(46)37-32-30-36(31-33-37)35-16-4-1-5-17-35)47-29-15-27-45-48(47)43-25-10-12-26-44(43)49(45,38-18-6-2-7-19-38)39-20-8-3-9-21-39/h1-34H. The lowest BCUT2D eigenvalue weighted by molar-refractivity contribution is 0.768. The molecule has 2 heteroatoms. The molecule has 0 radical (unpaired) electrons. The molecule has 8 aromatic carbocycles. The molecule has 242 valence electrons. The molecule has 0 atom stereocenters. The highest BCUT2D eigenvalue weighted by molar-refractivity contribution is 6.31. The van der Waals surface area contributed by atoms with E-state index in [1.54, 1.807) is 0 Å². The van der Waals surface area contributed by atoms with Gasteiger partial charge >= 0.3 is 0 Å². The van der Waals surface area contributed by atoms with Gasteiger partial charge < -0.3 is 4.90 Å². The van der Waals surface area contributed by atoms with Crippen LogP contribution in [0.4, 0.5) is 17.1 Å². The molecule has 0 saturated heterocycles. The monoisotopic (exact) mass is 671 g/mol. The summed E-state index contributed by atoms with van der Waals surface area (Å²) < 4.78 is 0. The van der Waals surface area contributed by atoms with E-state index in [9.17, 15) is 0 Å². The molecule has 0 unspecified atom stereocenters.